The maximum absolute atomic E-state index is 7.06. The Morgan fingerprint density at radius 1 is 1.35 bits per heavy atom. The average molecular weight is 291 g/mol. The minimum atomic E-state index is 0.107. The molecule has 0 radical (unpaired) electrons. The van der Waals surface area contributed by atoms with Crippen LogP contribution in [-0.4, -0.2) is 17.5 Å². The highest BCUT2D eigenvalue weighted by atomic mass is 35.5. The summed E-state index contributed by atoms with van der Waals surface area (Å²) in [4.78, 5) is 0. The van der Waals surface area contributed by atoms with Crippen LogP contribution in [0.25, 0.3) is 0 Å². The minimum absolute atomic E-state index is 0.107. The third-order valence-electron chi connectivity index (χ3n) is 1.88. The third-order valence-corrected chi connectivity index (χ3v) is 2.76. The fourth-order valence-corrected chi connectivity index (χ4v) is 1.78. The van der Waals surface area contributed by atoms with Crippen LogP contribution in [0.5, 0.6) is 0 Å². The van der Waals surface area contributed by atoms with E-state index in [2.05, 4.69) is 10.6 Å². The number of rotatable bonds is 4. The molecule has 1 aromatic rings. The Morgan fingerprint density at radius 2 is 1.94 bits per heavy atom. The number of thiocarbonyl (C=S) groups is 1. The molecule has 0 fully saturated rings. The lowest BCUT2D eigenvalue weighted by Gasteiger charge is -2.12. The van der Waals surface area contributed by atoms with Gasteiger partial charge in [0.25, 0.3) is 0 Å². The summed E-state index contributed by atoms with van der Waals surface area (Å²) in [5.74, 6) is 0.107. The second-order valence-corrected chi connectivity index (χ2v) is 4.48. The zero-order valence-corrected chi connectivity index (χ0v) is 11.2. The topological polar surface area (TPSA) is 73.9 Å². The highest BCUT2D eigenvalue weighted by Crippen LogP contribution is 2.29. The summed E-state index contributed by atoms with van der Waals surface area (Å²) in [7, 11) is 0. The molecule has 1 aromatic carbocycles. The third kappa shape index (κ3) is 4.77. The normalized spacial score (nSPS) is 9.76. The van der Waals surface area contributed by atoms with Crippen molar-refractivity contribution in [3.05, 3.63) is 28.2 Å². The van der Waals surface area contributed by atoms with E-state index in [1.54, 1.807) is 18.2 Å². The van der Waals surface area contributed by atoms with Gasteiger partial charge < -0.3 is 16.4 Å². The first-order valence-corrected chi connectivity index (χ1v) is 5.99. The number of halogens is 2. The van der Waals surface area contributed by atoms with Crippen LogP contribution < -0.4 is 16.4 Å². The van der Waals surface area contributed by atoms with Crippen molar-refractivity contribution < 1.29 is 0 Å². The van der Waals surface area contributed by atoms with Crippen molar-refractivity contribution >= 4 is 52.1 Å². The number of nitrogens with one attached hydrogen (secondary N) is 3. The first-order valence-electron chi connectivity index (χ1n) is 4.82. The maximum atomic E-state index is 7.06. The Morgan fingerprint density at radius 3 is 2.47 bits per heavy atom. The molecule has 0 aliphatic carbocycles. The molecule has 17 heavy (non-hydrogen) atoms. The van der Waals surface area contributed by atoms with Gasteiger partial charge in [0, 0.05) is 13.0 Å². The van der Waals surface area contributed by atoms with Crippen molar-refractivity contribution in [3.8, 4) is 0 Å². The molecule has 0 unspecified atom stereocenters. The molecule has 0 atom stereocenters. The summed E-state index contributed by atoms with van der Waals surface area (Å²) >= 11 is 17.0. The summed E-state index contributed by atoms with van der Waals surface area (Å²) in [6.45, 7) is 0.489. The largest absolute Gasteiger partial charge is 0.388 e. The Kier molecular flexibility index (Phi) is 5.47. The lowest BCUT2D eigenvalue weighted by Crippen LogP contribution is -2.31. The van der Waals surface area contributed by atoms with Crippen molar-refractivity contribution in [1.29, 1.82) is 5.41 Å². The van der Waals surface area contributed by atoms with Crippen LogP contribution in [0.2, 0.25) is 10.0 Å². The molecule has 0 saturated carbocycles. The number of anilines is 1. The molecule has 0 heterocycles. The van der Waals surface area contributed by atoms with Crippen LogP contribution in [0.1, 0.15) is 6.42 Å². The van der Waals surface area contributed by atoms with E-state index in [1.807, 2.05) is 0 Å². The molecule has 4 nitrogen and oxygen atoms in total. The number of nitrogens with two attached hydrogens (primary N) is 1. The summed E-state index contributed by atoms with van der Waals surface area (Å²) in [5.41, 5.74) is 5.78. The zero-order valence-electron chi connectivity index (χ0n) is 8.89. The summed E-state index contributed by atoms with van der Waals surface area (Å²) in [5, 5.41) is 14.2. The van der Waals surface area contributed by atoms with Crippen molar-refractivity contribution in [1.82, 2.24) is 5.32 Å². The first-order chi connectivity index (χ1) is 8.00. The zero-order chi connectivity index (χ0) is 12.8. The van der Waals surface area contributed by atoms with Crippen molar-refractivity contribution in [2.75, 3.05) is 11.9 Å². The van der Waals surface area contributed by atoms with Crippen LogP contribution in [0, 0.1) is 5.41 Å². The highest BCUT2D eigenvalue weighted by Gasteiger charge is 2.06. The number of hydrogen-bond donors (Lipinski definition) is 4. The molecule has 0 aromatic heterocycles. The van der Waals surface area contributed by atoms with E-state index >= 15 is 0 Å². The molecular formula is C10H12Cl2N4S. The van der Waals surface area contributed by atoms with E-state index in [0.717, 1.165) is 0 Å². The SMILES string of the molecule is N=C(N)CCNC(=S)Nc1c(Cl)cccc1Cl. The molecule has 92 valence electrons. The van der Waals surface area contributed by atoms with Gasteiger partial charge in [-0.3, -0.25) is 5.41 Å². The van der Waals surface area contributed by atoms with E-state index in [9.17, 15) is 0 Å². The van der Waals surface area contributed by atoms with Gasteiger partial charge in [-0.25, -0.2) is 0 Å². The van der Waals surface area contributed by atoms with Crippen LogP contribution in [0.4, 0.5) is 5.69 Å². The first kappa shape index (κ1) is 14.0. The Balaban J connectivity index is 2.53. The molecule has 0 saturated heterocycles. The van der Waals surface area contributed by atoms with E-state index in [0.29, 0.717) is 33.8 Å². The molecule has 0 amide bonds. The molecule has 7 heteroatoms. The fraction of sp³-hybridized carbons (Fsp3) is 0.200. The Bertz CT molecular complexity index is 416. The summed E-state index contributed by atoms with van der Waals surface area (Å²) in [6.07, 6.45) is 0.429. The smallest absolute Gasteiger partial charge is 0.170 e. The van der Waals surface area contributed by atoms with Gasteiger partial charge in [-0.15, -0.1) is 0 Å². The predicted molar refractivity (Wildman–Crippen MR) is 77.2 cm³/mol. The predicted octanol–water partition coefficient (Wildman–Crippen LogP) is 2.61. The average Bonchev–Trinajstić information content (AvgIpc) is 2.23. The van der Waals surface area contributed by atoms with E-state index in [4.69, 9.17) is 46.6 Å². The number of amidine groups is 1. The van der Waals surface area contributed by atoms with Gasteiger partial charge in [0.15, 0.2) is 5.11 Å². The van der Waals surface area contributed by atoms with Crippen LogP contribution in [0.3, 0.4) is 0 Å². The highest BCUT2D eigenvalue weighted by molar-refractivity contribution is 7.80. The van der Waals surface area contributed by atoms with Gasteiger partial charge in [0.1, 0.15) is 0 Å². The molecule has 0 spiro atoms. The summed E-state index contributed by atoms with van der Waals surface area (Å²) < 4.78 is 0. The lowest BCUT2D eigenvalue weighted by atomic mass is 10.3. The number of hydrogen-bond acceptors (Lipinski definition) is 2. The van der Waals surface area contributed by atoms with Gasteiger partial charge in [-0.05, 0) is 24.4 Å². The van der Waals surface area contributed by atoms with E-state index in [1.165, 1.54) is 0 Å². The van der Waals surface area contributed by atoms with Gasteiger partial charge >= 0.3 is 0 Å². The van der Waals surface area contributed by atoms with Crippen molar-refractivity contribution in [2.24, 2.45) is 5.73 Å². The van der Waals surface area contributed by atoms with Crippen LogP contribution >= 0.6 is 35.4 Å². The Labute approximate surface area is 115 Å². The fourth-order valence-electron chi connectivity index (χ4n) is 1.09. The second kappa shape index (κ2) is 6.64. The van der Waals surface area contributed by atoms with Gasteiger partial charge in [0.2, 0.25) is 0 Å². The van der Waals surface area contributed by atoms with Crippen LogP contribution in [0.15, 0.2) is 18.2 Å². The number of benzene rings is 1. The quantitative estimate of drug-likeness (QED) is 0.391. The molecule has 0 bridgehead atoms. The van der Waals surface area contributed by atoms with Gasteiger partial charge in [-0.2, -0.15) is 0 Å². The van der Waals surface area contributed by atoms with E-state index in [-0.39, 0.29) is 5.84 Å². The lowest BCUT2D eigenvalue weighted by molar-refractivity contribution is 0.912. The molecule has 0 aliphatic heterocycles. The van der Waals surface area contributed by atoms with E-state index < -0.39 is 0 Å². The second-order valence-electron chi connectivity index (χ2n) is 3.25. The van der Waals surface area contributed by atoms with Gasteiger partial charge in [-0.1, -0.05) is 29.3 Å². The van der Waals surface area contributed by atoms with Gasteiger partial charge in [0.05, 0.1) is 21.6 Å². The maximum Gasteiger partial charge on any atom is 0.170 e. The number of para-hydroxylation sites is 1. The summed E-state index contributed by atoms with van der Waals surface area (Å²) in [6, 6.07) is 5.18. The van der Waals surface area contributed by atoms with Crippen molar-refractivity contribution in [2.45, 2.75) is 6.42 Å². The molecule has 1 rings (SSSR count). The monoisotopic (exact) mass is 290 g/mol. The molecular weight excluding hydrogens is 279 g/mol. The standard InChI is InChI=1S/C10H12Cl2N4S/c11-6-2-1-3-7(12)9(6)16-10(17)15-5-4-8(13)14/h1-3H,4-5H2,(H3,13,14)(H2,15,16,17). The Hall–Kier alpha value is -1.04. The van der Waals surface area contributed by atoms with Crippen molar-refractivity contribution in [3.63, 3.8) is 0 Å². The van der Waals surface area contributed by atoms with Crippen LogP contribution in [-0.2, 0) is 0 Å². The minimum Gasteiger partial charge on any atom is -0.388 e. The molecule has 5 N–H and O–H groups in total. The molecule has 0 aliphatic rings.